The molecule has 1 unspecified atom stereocenters. The summed E-state index contributed by atoms with van der Waals surface area (Å²) >= 11 is 0. The van der Waals surface area contributed by atoms with Crippen molar-refractivity contribution in [3.63, 3.8) is 0 Å². The molecule has 1 amide bonds. The van der Waals surface area contributed by atoms with Gasteiger partial charge >= 0.3 is 0 Å². The summed E-state index contributed by atoms with van der Waals surface area (Å²) in [5, 5.41) is 2.89. The lowest BCUT2D eigenvalue weighted by Crippen LogP contribution is -2.38. The first kappa shape index (κ1) is 19.6. The van der Waals surface area contributed by atoms with Crippen molar-refractivity contribution in [2.75, 3.05) is 19.8 Å². The molecule has 1 fully saturated rings. The van der Waals surface area contributed by atoms with Crippen LogP contribution in [0.1, 0.15) is 32.6 Å². The second-order valence-electron chi connectivity index (χ2n) is 5.64. The summed E-state index contributed by atoms with van der Waals surface area (Å²) in [6.45, 7) is 3.61. The van der Waals surface area contributed by atoms with Gasteiger partial charge in [0.1, 0.15) is 0 Å². The van der Waals surface area contributed by atoms with Gasteiger partial charge in [0.2, 0.25) is 5.91 Å². The van der Waals surface area contributed by atoms with E-state index in [9.17, 15) is 4.79 Å². The Morgan fingerprint density at radius 2 is 1.96 bits per heavy atom. The number of hydrogen-bond acceptors (Lipinski definition) is 4. The third kappa shape index (κ3) is 7.10. The largest absolute Gasteiger partial charge is 0.490 e. The molecular formula is C17H27ClN2O3. The second-order valence-corrected chi connectivity index (χ2v) is 5.64. The number of halogens is 1. The van der Waals surface area contributed by atoms with Gasteiger partial charge in [0.05, 0.1) is 13.2 Å². The predicted molar refractivity (Wildman–Crippen MR) is 93.3 cm³/mol. The maximum Gasteiger partial charge on any atom is 0.220 e. The van der Waals surface area contributed by atoms with Crippen LogP contribution in [-0.2, 0) is 4.79 Å². The Hall–Kier alpha value is -1.46. The Bertz CT molecular complexity index is 481. The molecule has 0 radical (unpaired) electrons. The Labute approximate surface area is 144 Å². The molecule has 0 aromatic heterocycles. The smallest absolute Gasteiger partial charge is 0.220 e. The van der Waals surface area contributed by atoms with E-state index in [1.807, 2.05) is 31.2 Å². The molecule has 0 bridgehead atoms. The van der Waals surface area contributed by atoms with E-state index >= 15 is 0 Å². The van der Waals surface area contributed by atoms with Crippen LogP contribution in [0.3, 0.4) is 0 Å². The molecule has 1 aliphatic carbocycles. The molecule has 1 aromatic rings. The van der Waals surface area contributed by atoms with E-state index in [1.54, 1.807) is 0 Å². The van der Waals surface area contributed by atoms with Gasteiger partial charge in [-0.1, -0.05) is 12.1 Å². The minimum Gasteiger partial charge on any atom is -0.490 e. The molecule has 2 rings (SSSR count). The zero-order valence-electron chi connectivity index (χ0n) is 13.6. The fraction of sp³-hybridized carbons (Fsp3) is 0.588. The normalized spacial score (nSPS) is 14.5. The van der Waals surface area contributed by atoms with Gasteiger partial charge in [0.15, 0.2) is 11.5 Å². The molecule has 5 nitrogen and oxygen atoms in total. The number of rotatable bonds is 10. The van der Waals surface area contributed by atoms with E-state index < -0.39 is 0 Å². The molecule has 23 heavy (non-hydrogen) atoms. The van der Waals surface area contributed by atoms with Gasteiger partial charge in [-0.2, -0.15) is 0 Å². The maximum atomic E-state index is 11.7. The molecule has 0 saturated heterocycles. The van der Waals surface area contributed by atoms with E-state index in [2.05, 4.69) is 5.32 Å². The zero-order chi connectivity index (χ0) is 15.8. The standard InChI is InChI=1S/C17H26N2O3.ClH/c1-2-21-15-6-3-4-7-16(15)22-11-5-8-17(20)19-12-14(18)13-9-10-13;/h3-4,6-7,13-14H,2,5,8-12,18H2,1H3,(H,19,20);1H. The summed E-state index contributed by atoms with van der Waals surface area (Å²) < 4.78 is 11.2. The van der Waals surface area contributed by atoms with Crippen molar-refractivity contribution in [2.45, 2.75) is 38.6 Å². The third-order valence-corrected chi connectivity index (χ3v) is 3.72. The van der Waals surface area contributed by atoms with Gasteiger partial charge in [-0.3, -0.25) is 4.79 Å². The monoisotopic (exact) mass is 342 g/mol. The molecule has 1 aliphatic rings. The number of nitrogens with two attached hydrogens (primary N) is 1. The molecule has 1 saturated carbocycles. The van der Waals surface area contributed by atoms with Crippen LogP contribution in [0.15, 0.2) is 24.3 Å². The zero-order valence-corrected chi connectivity index (χ0v) is 14.4. The number of nitrogens with one attached hydrogen (secondary N) is 1. The molecule has 0 heterocycles. The first-order chi connectivity index (χ1) is 10.7. The van der Waals surface area contributed by atoms with Crippen LogP contribution in [0, 0.1) is 5.92 Å². The Morgan fingerprint density at radius 3 is 2.57 bits per heavy atom. The lowest BCUT2D eigenvalue weighted by molar-refractivity contribution is -0.121. The Morgan fingerprint density at radius 1 is 1.30 bits per heavy atom. The SMILES string of the molecule is CCOc1ccccc1OCCCC(=O)NCC(N)C1CC1.Cl. The van der Waals surface area contributed by atoms with Crippen LogP contribution in [0.5, 0.6) is 11.5 Å². The summed E-state index contributed by atoms with van der Waals surface area (Å²) in [6, 6.07) is 7.68. The predicted octanol–water partition coefficient (Wildman–Crippen LogP) is 2.52. The first-order valence-corrected chi connectivity index (χ1v) is 8.07. The topological polar surface area (TPSA) is 73.6 Å². The fourth-order valence-electron chi connectivity index (χ4n) is 2.27. The van der Waals surface area contributed by atoms with Crippen LogP contribution < -0.4 is 20.5 Å². The summed E-state index contributed by atoms with van der Waals surface area (Å²) in [5.74, 6) is 2.11. The highest BCUT2D eigenvalue weighted by molar-refractivity contribution is 5.85. The molecule has 1 atom stereocenters. The molecule has 1 aromatic carbocycles. The van der Waals surface area contributed by atoms with Crippen LogP contribution in [0.25, 0.3) is 0 Å². The second kappa shape index (κ2) is 10.3. The number of carbonyl (C=O) groups is 1. The van der Waals surface area contributed by atoms with E-state index in [-0.39, 0.29) is 24.4 Å². The minimum atomic E-state index is 0. The van der Waals surface area contributed by atoms with E-state index in [0.29, 0.717) is 38.5 Å². The van der Waals surface area contributed by atoms with Gasteiger partial charge in [0.25, 0.3) is 0 Å². The number of para-hydroxylation sites is 2. The summed E-state index contributed by atoms with van der Waals surface area (Å²) in [6.07, 6.45) is 3.52. The van der Waals surface area contributed by atoms with Crippen molar-refractivity contribution in [2.24, 2.45) is 11.7 Å². The number of ether oxygens (including phenoxy) is 2. The summed E-state index contributed by atoms with van der Waals surface area (Å²) in [7, 11) is 0. The van der Waals surface area contributed by atoms with Gasteiger partial charge in [0, 0.05) is 19.0 Å². The van der Waals surface area contributed by atoms with Crippen molar-refractivity contribution in [3.05, 3.63) is 24.3 Å². The van der Waals surface area contributed by atoms with Crippen LogP contribution in [0.2, 0.25) is 0 Å². The summed E-state index contributed by atoms with van der Waals surface area (Å²) in [4.78, 5) is 11.7. The number of amides is 1. The van der Waals surface area contributed by atoms with Crippen molar-refractivity contribution >= 4 is 18.3 Å². The molecule has 130 valence electrons. The minimum absolute atomic E-state index is 0. The maximum absolute atomic E-state index is 11.7. The van der Waals surface area contributed by atoms with Crippen molar-refractivity contribution in [1.82, 2.24) is 5.32 Å². The van der Waals surface area contributed by atoms with Crippen LogP contribution >= 0.6 is 12.4 Å². The number of hydrogen-bond donors (Lipinski definition) is 2. The van der Waals surface area contributed by atoms with Gasteiger partial charge < -0.3 is 20.5 Å². The average Bonchev–Trinajstić information content (AvgIpc) is 3.36. The van der Waals surface area contributed by atoms with Crippen LogP contribution in [-0.4, -0.2) is 31.7 Å². The van der Waals surface area contributed by atoms with Gasteiger partial charge in [-0.05, 0) is 44.2 Å². The number of carbonyl (C=O) groups excluding carboxylic acids is 1. The highest BCUT2D eigenvalue weighted by Crippen LogP contribution is 2.31. The molecule has 0 aliphatic heterocycles. The average molecular weight is 343 g/mol. The molecule has 3 N–H and O–H groups in total. The van der Waals surface area contributed by atoms with Crippen molar-refractivity contribution in [3.8, 4) is 11.5 Å². The van der Waals surface area contributed by atoms with E-state index in [4.69, 9.17) is 15.2 Å². The summed E-state index contributed by atoms with van der Waals surface area (Å²) in [5.41, 5.74) is 5.95. The number of benzene rings is 1. The Kier molecular flexibility index (Phi) is 8.81. The third-order valence-electron chi connectivity index (χ3n) is 3.72. The van der Waals surface area contributed by atoms with Gasteiger partial charge in [-0.25, -0.2) is 0 Å². The van der Waals surface area contributed by atoms with E-state index in [0.717, 1.165) is 11.5 Å². The molecule has 0 spiro atoms. The van der Waals surface area contributed by atoms with Crippen molar-refractivity contribution in [1.29, 1.82) is 0 Å². The molecule has 6 heteroatoms. The fourth-order valence-corrected chi connectivity index (χ4v) is 2.27. The highest BCUT2D eigenvalue weighted by Gasteiger charge is 2.28. The molecular weight excluding hydrogens is 316 g/mol. The lowest BCUT2D eigenvalue weighted by Gasteiger charge is -2.13. The van der Waals surface area contributed by atoms with E-state index in [1.165, 1.54) is 12.8 Å². The Balaban J connectivity index is 0.00000264. The highest BCUT2D eigenvalue weighted by atomic mass is 35.5. The quantitative estimate of drug-likeness (QED) is 0.641. The van der Waals surface area contributed by atoms with Crippen molar-refractivity contribution < 1.29 is 14.3 Å². The first-order valence-electron chi connectivity index (χ1n) is 8.07. The lowest BCUT2D eigenvalue weighted by atomic mass is 10.2. The van der Waals surface area contributed by atoms with Gasteiger partial charge in [-0.15, -0.1) is 12.4 Å². The van der Waals surface area contributed by atoms with Crippen LogP contribution in [0.4, 0.5) is 0 Å².